The van der Waals surface area contributed by atoms with E-state index in [1.165, 1.54) is 0 Å². The van der Waals surface area contributed by atoms with Crippen LogP contribution in [0.3, 0.4) is 0 Å². The van der Waals surface area contributed by atoms with Crippen LogP contribution in [0.5, 0.6) is 0 Å². The Morgan fingerprint density at radius 1 is 1.14 bits per heavy atom. The van der Waals surface area contributed by atoms with Crippen LogP contribution in [0.2, 0.25) is 0 Å². The van der Waals surface area contributed by atoms with Gasteiger partial charge in [0.15, 0.2) is 0 Å². The first-order valence-corrected chi connectivity index (χ1v) is 4.66. The molecule has 0 radical (unpaired) electrons. The lowest BCUT2D eigenvalue weighted by Crippen LogP contribution is -2.39. The quantitative estimate of drug-likeness (QED) is 0.675. The minimum atomic E-state index is -0.174. The van der Waals surface area contributed by atoms with Crippen LogP contribution in [0.15, 0.2) is 30.3 Å². The van der Waals surface area contributed by atoms with Crippen molar-refractivity contribution in [1.82, 2.24) is 5.32 Å². The Morgan fingerprint density at radius 3 is 2.50 bits per heavy atom. The molecule has 1 fully saturated rings. The highest BCUT2D eigenvalue weighted by Crippen LogP contribution is 2.23. The third-order valence-electron chi connectivity index (χ3n) is 2.44. The van der Waals surface area contributed by atoms with Crippen LogP contribution in [0.1, 0.15) is 24.3 Å². The first kappa shape index (κ1) is 8.94. The van der Waals surface area contributed by atoms with Crippen molar-refractivity contribution in [3.05, 3.63) is 35.9 Å². The molecule has 3 heteroatoms. The molecule has 1 saturated heterocycles. The van der Waals surface area contributed by atoms with Gasteiger partial charge in [0.2, 0.25) is 11.8 Å². The first-order valence-electron chi connectivity index (χ1n) is 4.66. The van der Waals surface area contributed by atoms with Gasteiger partial charge in [0.05, 0.1) is 5.92 Å². The van der Waals surface area contributed by atoms with Crippen molar-refractivity contribution < 1.29 is 9.59 Å². The minimum absolute atomic E-state index is 0.158. The molecular weight excluding hydrogens is 178 g/mol. The van der Waals surface area contributed by atoms with Crippen molar-refractivity contribution in [3.63, 3.8) is 0 Å². The van der Waals surface area contributed by atoms with Gasteiger partial charge in [-0.25, -0.2) is 0 Å². The summed E-state index contributed by atoms with van der Waals surface area (Å²) in [6.07, 6.45) is 1.06. The van der Waals surface area contributed by atoms with Gasteiger partial charge in [-0.15, -0.1) is 0 Å². The summed E-state index contributed by atoms with van der Waals surface area (Å²) in [5.74, 6) is -0.497. The molecule has 2 amide bonds. The molecule has 3 nitrogen and oxygen atoms in total. The van der Waals surface area contributed by atoms with Crippen LogP contribution in [0, 0.1) is 0 Å². The Hall–Kier alpha value is -1.64. The van der Waals surface area contributed by atoms with E-state index >= 15 is 0 Å². The summed E-state index contributed by atoms with van der Waals surface area (Å²) in [7, 11) is 0. The van der Waals surface area contributed by atoms with Gasteiger partial charge in [0.1, 0.15) is 0 Å². The molecule has 0 aliphatic carbocycles. The van der Waals surface area contributed by atoms with E-state index in [1.54, 1.807) is 0 Å². The summed E-state index contributed by atoms with van der Waals surface area (Å²) < 4.78 is 0. The van der Waals surface area contributed by atoms with Crippen molar-refractivity contribution in [2.24, 2.45) is 0 Å². The Morgan fingerprint density at radius 2 is 1.86 bits per heavy atom. The van der Waals surface area contributed by atoms with Crippen LogP contribution < -0.4 is 5.32 Å². The van der Waals surface area contributed by atoms with Gasteiger partial charge in [0, 0.05) is 6.42 Å². The summed E-state index contributed by atoms with van der Waals surface area (Å²) in [5.41, 5.74) is 0.984. The van der Waals surface area contributed by atoms with Crippen molar-refractivity contribution in [1.29, 1.82) is 0 Å². The normalized spacial score (nSPS) is 21.9. The average Bonchev–Trinajstić information content (AvgIpc) is 2.19. The highest BCUT2D eigenvalue weighted by molar-refractivity contribution is 6.00. The van der Waals surface area contributed by atoms with Crippen LogP contribution in [0.25, 0.3) is 0 Å². The van der Waals surface area contributed by atoms with E-state index < -0.39 is 0 Å². The molecule has 1 aromatic rings. The van der Waals surface area contributed by atoms with E-state index in [-0.39, 0.29) is 17.7 Å². The second-order valence-electron chi connectivity index (χ2n) is 3.41. The number of hydrogen-bond donors (Lipinski definition) is 1. The molecule has 2 rings (SSSR count). The van der Waals surface area contributed by atoms with E-state index in [4.69, 9.17) is 0 Å². The zero-order valence-electron chi connectivity index (χ0n) is 7.69. The summed E-state index contributed by atoms with van der Waals surface area (Å²) in [6.45, 7) is 0. The number of imide groups is 1. The fourth-order valence-electron chi connectivity index (χ4n) is 1.70. The summed E-state index contributed by atoms with van der Waals surface area (Å²) >= 11 is 0. The summed E-state index contributed by atoms with van der Waals surface area (Å²) in [5, 5.41) is 2.35. The molecular formula is C11H11NO2. The van der Waals surface area contributed by atoms with Gasteiger partial charge in [0.25, 0.3) is 0 Å². The first-order chi connectivity index (χ1) is 6.77. The molecule has 1 aromatic carbocycles. The molecule has 0 aromatic heterocycles. The molecule has 1 heterocycles. The predicted octanol–water partition coefficient (Wildman–Crippen LogP) is 1.21. The molecule has 0 saturated carbocycles. The Balaban J connectivity index is 2.20. The topological polar surface area (TPSA) is 46.2 Å². The second-order valence-corrected chi connectivity index (χ2v) is 3.41. The van der Waals surface area contributed by atoms with Gasteiger partial charge in [-0.1, -0.05) is 30.3 Å². The molecule has 0 spiro atoms. The predicted molar refractivity (Wildman–Crippen MR) is 51.6 cm³/mol. The minimum Gasteiger partial charge on any atom is -0.296 e. The standard InChI is InChI=1S/C11H11NO2/c13-10-7-6-9(11(14)12-10)8-4-2-1-3-5-8/h1-5,9H,6-7H2,(H,12,13,14)/t9-/m0/s1. The van der Waals surface area contributed by atoms with Crippen LogP contribution in [-0.4, -0.2) is 11.8 Å². The monoisotopic (exact) mass is 189 g/mol. The molecule has 1 aliphatic rings. The van der Waals surface area contributed by atoms with Crippen LogP contribution in [0.4, 0.5) is 0 Å². The lowest BCUT2D eigenvalue weighted by Gasteiger charge is -2.20. The Labute approximate surface area is 82.1 Å². The number of carbonyl (C=O) groups excluding carboxylic acids is 2. The zero-order chi connectivity index (χ0) is 9.97. The molecule has 1 aliphatic heterocycles. The Kier molecular flexibility index (Phi) is 2.31. The van der Waals surface area contributed by atoms with Crippen molar-refractivity contribution >= 4 is 11.8 Å². The van der Waals surface area contributed by atoms with Crippen LogP contribution >= 0.6 is 0 Å². The van der Waals surface area contributed by atoms with E-state index in [1.807, 2.05) is 30.3 Å². The average molecular weight is 189 g/mol. The van der Waals surface area contributed by atoms with E-state index in [2.05, 4.69) is 5.32 Å². The Bertz CT molecular complexity index is 359. The smallest absolute Gasteiger partial charge is 0.234 e. The highest BCUT2D eigenvalue weighted by atomic mass is 16.2. The van der Waals surface area contributed by atoms with Crippen molar-refractivity contribution in [3.8, 4) is 0 Å². The van der Waals surface area contributed by atoms with Crippen LogP contribution in [-0.2, 0) is 9.59 Å². The molecule has 0 unspecified atom stereocenters. The van der Waals surface area contributed by atoms with Gasteiger partial charge < -0.3 is 0 Å². The lowest BCUT2D eigenvalue weighted by molar-refractivity contribution is -0.134. The highest BCUT2D eigenvalue weighted by Gasteiger charge is 2.27. The fourth-order valence-corrected chi connectivity index (χ4v) is 1.70. The number of carbonyl (C=O) groups is 2. The zero-order valence-corrected chi connectivity index (χ0v) is 7.69. The molecule has 14 heavy (non-hydrogen) atoms. The van der Waals surface area contributed by atoms with Gasteiger partial charge >= 0.3 is 0 Å². The number of hydrogen-bond acceptors (Lipinski definition) is 2. The molecule has 72 valence electrons. The number of benzene rings is 1. The van der Waals surface area contributed by atoms with E-state index in [9.17, 15) is 9.59 Å². The third-order valence-corrected chi connectivity index (χ3v) is 2.44. The number of nitrogens with one attached hydrogen (secondary N) is 1. The lowest BCUT2D eigenvalue weighted by atomic mass is 9.91. The number of rotatable bonds is 1. The van der Waals surface area contributed by atoms with Crippen molar-refractivity contribution in [2.75, 3.05) is 0 Å². The van der Waals surface area contributed by atoms with E-state index in [0.29, 0.717) is 12.8 Å². The second kappa shape index (κ2) is 3.62. The SMILES string of the molecule is O=C1CC[C@@H](c2ccccc2)C(=O)N1. The number of piperidine rings is 1. The van der Waals surface area contributed by atoms with Crippen molar-refractivity contribution in [2.45, 2.75) is 18.8 Å². The maximum Gasteiger partial charge on any atom is 0.234 e. The van der Waals surface area contributed by atoms with Gasteiger partial charge in [-0.05, 0) is 12.0 Å². The molecule has 1 N–H and O–H groups in total. The maximum absolute atomic E-state index is 11.5. The van der Waals surface area contributed by atoms with E-state index in [0.717, 1.165) is 5.56 Å². The number of amides is 2. The fraction of sp³-hybridized carbons (Fsp3) is 0.273. The maximum atomic E-state index is 11.5. The summed E-state index contributed by atoms with van der Waals surface area (Å²) in [6, 6.07) is 9.55. The van der Waals surface area contributed by atoms with Gasteiger partial charge in [-0.3, -0.25) is 14.9 Å². The molecule has 0 bridgehead atoms. The summed E-state index contributed by atoms with van der Waals surface area (Å²) in [4.78, 5) is 22.4. The third kappa shape index (κ3) is 1.66. The largest absolute Gasteiger partial charge is 0.296 e. The molecule has 1 atom stereocenters. The van der Waals surface area contributed by atoms with Gasteiger partial charge in [-0.2, -0.15) is 0 Å².